The van der Waals surface area contributed by atoms with Gasteiger partial charge in [0.15, 0.2) is 17.4 Å². The number of thiophene rings is 1. The molecule has 1 aromatic carbocycles. The van der Waals surface area contributed by atoms with Crippen molar-refractivity contribution in [2.24, 2.45) is 12.1 Å². The molecule has 0 atom stereocenters. The Balaban J connectivity index is 1.72. The molecule has 0 saturated heterocycles. The molecule has 2 N–H and O–H groups in total. The molecule has 0 unspecified atom stereocenters. The highest BCUT2D eigenvalue weighted by Crippen LogP contribution is 2.47. The molecule has 4 aromatic rings. The number of aromatic nitrogens is 4. The molecule has 0 amide bonds. The lowest BCUT2D eigenvalue weighted by Crippen LogP contribution is -1.99. The number of anilines is 1. The second kappa shape index (κ2) is 7.65. The highest BCUT2D eigenvalue weighted by atomic mass is 32.1. The van der Waals surface area contributed by atoms with Gasteiger partial charge in [0.1, 0.15) is 22.3 Å². The summed E-state index contributed by atoms with van der Waals surface area (Å²) in [4.78, 5) is 13.4. The van der Waals surface area contributed by atoms with E-state index in [0.29, 0.717) is 39.1 Å². The molecule has 28 heavy (non-hydrogen) atoms. The Hall–Kier alpha value is -3.46. The molecule has 4 rings (SSSR count). The first-order chi connectivity index (χ1) is 13.7. The van der Waals surface area contributed by atoms with Crippen LogP contribution in [0.25, 0.3) is 20.7 Å². The standard InChI is InChI=1S/C19H18N6O2S/c1-3-27-13-7-5-4-6-12(13)17-16(26)15-18(28-17)19(22-11-21-15)24-23-10-14-20-8-9-25(14)2/h4-11,26H,3H2,1-2H3,(H,21,22,24). The van der Waals surface area contributed by atoms with E-state index in [1.54, 1.807) is 12.4 Å². The van der Waals surface area contributed by atoms with E-state index in [9.17, 15) is 5.11 Å². The Morgan fingerprint density at radius 2 is 2.14 bits per heavy atom. The zero-order chi connectivity index (χ0) is 19.5. The predicted molar refractivity (Wildman–Crippen MR) is 110 cm³/mol. The van der Waals surface area contributed by atoms with Crippen molar-refractivity contribution in [2.45, 2.75) is 6.92 Å². The van der Waals surface area contributed by atoms with Gasteiger partial charge in [-0.15, -0.1) is 11.3 Å². The number of ether oxygens (including phenoxy) is 1. The smallest absolute Gasteiger partial charge is 0.167 e. The third kappa shape index (κ3) is 3.27. The number of benzene rings is 1. The molecule has 0 spiro atoms. The van der Waals surface area contributed by atoms with Gasteiger partial charge in [-0.2, -0.15) is 5.10 Å². The average Bonchev–Trinajstić information content (AvgIpc) is 3.27. The maximum absolute atomic E-state index is 10.8. The van der Waals surface area contributed by atoms with Crippen molar-refractivity contribution >= 4 is 33.6 Å². The first-order valence-corrected chi connectivity index (χ1v) is 9.45. The van der Waals surface area contributed by atoms with Crippen molar-refractivity contribution in [3.63, 3.8) is 0 Å². The average molecular weight is 394 g/mol. The summed E-state index contributed by atoms with van der Waals surface area (Å²) in [6.45, 7) is 2.46. The molecule has 0 aliphatic carbocycles. The molecule has 9 heteroatoms. The number of para-hydroxylation sites is 1. The Morgan fingerprint density at radius 3 is 2.93 bits per heavy atom. The predicted octanol–water partition coefficient (Wildman–Crippen LogP) is 3.64. The van der Waals surface area contributed by atoms with E-state index in [2.05, 4.69) is 25.5 Å². The van der Waals surface area contributed by atoms with Gasteiger partial charge in [0, 0.05) is 25.0 Å². The Kier molecular flexibility index (Phi) is 4.90. The molecule has 0 aliphatic heterocycles. The number of hydrogen-bond donors (Lipinski definition) is 2. The number of nitrogens with zero attached hydrogens (tertiary/aromatic N) is 5. The number of hydrogen-bond acceptors (Lipinski definition) is 8. The molecule has 8 nitrogen and oxygen atoms in total. The normalized spacial score (nSPS) is 11.4. The van der Waals surface area contributed by atoms with Gasteiger partial charge in [-0.05, 0) is 19.1 Å². The van der Waals surface area contributed by atoms with Crippen molar-refractivity contribution in [1.29, 1.82) is 0 Å². The van der Waals surface area contributed by atoms with E-state index < -0.39 is 0 Å². The monoisotopic (exact) mass is 394 g/mol. The molecule has 0 fully saturated rings. The van der Waals surface area contributed by atoms with E-state index in [1.165, 1.54) is 17.7 Å². The quantitative estimate of drug-likeness (QED) is 0.383. The first kappa shape index (κ1) is 17.9. The van der Waals surface area contributed by atoms with Crippen LogP contribution < -0.4 is 10.2 Å². The molecular weight excluding hydrogens is 376 g/mol. The van der Waals surface area contributed by atoms with E-state index in [-0.39, 0.29) is 5.75 Å². The molecule has 3 aromatic heterocycles. The van der Waals surface area contributed by atoms with Crippen LogP contribution in [0.1, 0.15) is 12.7 Å². The van der Waals surface area contributed by atoms with E-state index in [4.69, 9.17) is 4.74 Å². The first-order valence-electron chi connectivity index (χ1n) is 8.64. The Labute approximate surface area is 165 Å². The van der Waals surface area contributed by atoms with Gasteiger partial charge in [-0.25, -0.2) is 15.0 Å². The van der Waals surface area contributed by atoms with Gasteiger partial charge in [-0.3, -0.25) is 5.43 Å². The van der Waals surface area contributed by atoms with Crippen LogP contribution in [0.5, 0.6) is 11.5 Å². The Bertz CT molecular complexity index is 1150. The van der Waals surface area contributed by atoms with Crippen LogP contribution in [0, 0.1) is 0 Å². The minimum absolute atomic E-state index is 0.102. The summed E-state index contributed by atoms with van der Waals surface area (Å²) in [5.74, 6) is 2.03. The SMILES string of the molecule is CCOc1ccccc1-c1sc2c(NN=Cc3nccn3C)ncnc2c1O. The molecular formula is C19H18N6O2S. The molecule has 0 saturated carbocycles. The lowest BCUT2D eigenvalue weighted by Gasteiger charge is -2.08. The summed E-state index contributed by atoms with van der Waals surface area (Å²) >= 11 is 1.38. The summed E-state index contributed by atoms with van der Waals surface area (Å²) in [7, 11) is 1.89. The fraction of sp³-hybridized carbons (Fsp3) is 0.158. The highest BCUT2D eigenvalue weighted by Gasteiger charge is 2.19. The molecule has 0 bridgehead atoms. The van der Waals surface area contributed by atoms with Crippen LogP contribution in [0.15, 0.2) is 48.1 Å². The van der Waals surface area contributed by atoms with Gasteiger partial charge in [0.05, 0.1) is 17.7 Å². The number of rotatable bonds is 6. The van der Waals surface area contributed by atoms with Crippen LogP contribution in [-0.4, -0.2) is 37.4 Å². The maximum Gasteiger partial charge on any atom is 0.167 e. The van der Waals surface area contributed by atoms with E-state index >= 15 is 0 Å². The van der Waals surface area contributed by atoms with Crippen LogP contribution in [0.4, 0.5) is 5.82 Å². The third-order valence-electron chi connectivity index (χ3n) is 4.09. The number of imidazole rings is 1. The van der Waals surface area contributed by atoms with E-state index in [0.717, 1.165) is 5.56 Å². The summed E-state index contributed by atoms with van der Waals surface area (Å²) in [5, 5.41) is 15.0. The van der Waals surface area contributed by atoms with Crippen molar-refractivity contribution in [3.05, 3.63) is 48.8 Å². The Morgan fingerprint density at radius 1 is 1.29 bits per heavy atom. The van der Waals surface area contributed by atoms with Gasteiger partial charge in [-0.1, -0.05) is 12.1 Å². The zero-order valence-electron chi connectivity index (χ0n) is 15.3. The largest absolute Gasteiger partial charge is 0.504 e. The zero-order valence-corrected chi connectivity index (χ0v) is 16.1. The second-order valence-corrected chi connectivity index (χ2v) is 6.90. The second-order valence-electron chi connectivity index (χ2n) is 5.88. The summed E-state index contributed by atoms with van der Waals surface area (Å²) in [5.41, 5.74) is 4.20. The minimum Gasteiger partial charge on any atom is -0.504 e. The van der Waals surface area contributed by atoms with E-state index in [1.807, 2.05) is 49.0 Å². The lowest BCUT2D eigenvalue weighted by molar-refractivity contribution is 0.341. The van der Waals surface area contributed by atoms with Crippen LogP contribution in [0.2, 0.25) is 0 Å². The van der Waals surface area contributed by atoms with Gasteiger partial charge >= 0.3 is 0 Å². The maximum atomic E-state index is 10.8. The summed E-state index contributed by atoms with van der Waals surface area (Å²) in [6.07, 6.45) is 6.53. The van der Waals surface area contributed by atoms with Crippen molar-refractivity contribution in [2.75, 3.05) is 12.0 Å². The van der Waals surface area contributed by atoms with Crippen molar-refractivity contribution in [3.8, 4) is 21.9 Å². The van der Waals surface area contributed by atoms with Gasteiger partial charge in [0.2, 0.25) is 0 Å². The van der Waals surface area contributed by atoms with Gasteiger partial charge < -0.3 is 14.4 Å². The highest BCUT2D eigenvalue weighted by molar-refractivity contribution is 7.23. The van der Waals surface area contributed by atoms with Crippen molar-refractivity contribution in [1.82, 2.24) is 19.5 Å². The number of aryl methyl sites for hydroxylation is 1. The van der Waals surface area contributed by atoms with Crippen LogP contribution >= 0.6 is 11.3 Å². The topological polar surface area (TPSA) is 97.5 Å². The fourth-order valence-corrected chi connectivity index (χ4v) is 3.86. The molecule has 0 radical (unpaired) electrons. The number of nitrogens with one attached hydrogen (secondary N) is 1. The third-order valence-corrected chi connectivity index (χ3v) is 5.30. The fourth-order valence-electron chi connectivity index (χ4n) is 2.75. The molecule has 3 heterocycles. The van der Waals surface area contributed by atoms with Crippen molar-refractivity contribution < 1.29 is 9.84 Å². The molecule has 0 aliphatic rings. The minimum atomic E-state index is 0.102. The van der Waals surface area contributed by atoms with Gasteiger partial charge in [0.25, 0.3) is 0 Å². The lowest BCUT2D eigenvalue weighted by atomic mass is 10.1. The van der Waals surface area contributed by atoms with Crippen LogP contribution in [0.3, 0.4) is 0 Å². The number of fused-ring (bicyclic) bond motifs is 1. The number of hydrazone groups is 1. The van der Waals surface area contributed by atoms with Crippen LogP contribution in [-0.2, 0) is 7.05 Å². The summed E-state index contributed by atoms with van der Waals surface area (Å²) < 4.78 is 8.26. The number of aromatic hydroxyl groups is 1. The summed E-state index contributed by atoms with van der Waals surface area (Å²) in [6, 6.07) is 7.60. The molecule has 142 valence electrons.